The molecule has 0 unspecified atom stereocenters. The van der Waals surface area contributed by atoms with E-state index < -0.39 is 41.5 Å². The number of rotatable bonds is 4. The van der Waals surface area contributed by atoms with Crippen LogP contribution in [0, 0.1) is 0 Å². The summed E-state index contributed by atoms with van der Waals surface area (Å²) in [5.74, 6) is -0.639. The monoisotopic (exact) mass is 473 g/mol. The van der Waals surface area contributed by atoms with Gasteiger partial charge in [0.25, 0.3) is 20.2 Å². The van der Waals surface area contributed by atoms with Crippen molar-refractivity contribution in [3.05, 3.63) is 60.7 Å². The summed E-state index contributed by atoms with van der Waals surface area (Å²) < 4.78 is 67.3. The molecule has 0 heterocycles. The van der Waals surface area contributed by atoms with Gasteiger partial charge in [0, 0.05) is 16.5 Å². The Bertz CT molecular complexity index is 1650. The van der Waals surface area contributed by atoms with Crippen LogP contribution in [-0.2, 0) is 20.2 Å². The fraction of sp³-hybridized carbons (Fsp3) is 0. The van der Waals surface area contributed by atoms with Gasteiger partial charge in [-0.2, -0.15) is 16.8 Å². The molecule has 0 saturated heterocycles. The summed E-state index contributed by atoms with van der Waals surface area (Å²) in [5.41, 5.74) is 5.07. The standard InChI is InChI=1S/C20H15N3O7S2/c21-13-7-5-12-9-17(31(25,26)27)18(19(24)15(12)10-13)23-22-16-8-6-11-3-1-2-4-14(11)20(16)32(28,29)30/h1-10,24H,21H2,(H,25,26,27)(H,28,29,30). The highest BCUT2D eigenvalue weighted by Gasteiger charge is 2.23. The van der Waals surface area contributed by atoms with Crippen LogP contribution in [-0.4, -0.2) is 31.0 Å². The van der Waals surface area contributed by atoms with E-state index in [1.54, 1.807) is 18.2 Å². The van der Waals surface area contributed by atoms with Crippen LogP contribution in [0.2, 0.25) is 0 Å². The minimum absolute atomic E-state index is 0.139. The smallest absolute Gasteiger partial charge is 0.297 e. The van der Waals surface area contributed by atoms with E-state index in [0.717, 1.165) is 6.07 Å². The molecule has 0 aromatic heterocycles. The first-order valence-corrected chi connectivity index (χ1v) is 11.8. The molecule has 0 spiro atoms. The van der Waals surface area contributed by atoms with Gasteiger partial charge in [0.1, 0.15) is 21.2 Å². The third-order valence-corrected chi connectivity index (χ3v) is 6.54. The van der Waals surface area contributed by atoms with E-state index in [-0.39, 0.29) is 27.5 Å². The number of azo groups is 1. The van der Waals surface area contributed by atoms with E-state index in [1.165, 1.54) is 36.4 Å². The van der Waals surface area contributed by atoms with Crippen LogP contribution in [0.4, 0.5) is 17.1 Å². The van der Waals surface area contributed by atoms with Crippen molar-refractivity contribution >= 4 is 58.8 Å². The van der Waals surface area contributed by atoms with Crippen molar-refractivity contribution in [2.75, 3.05) is 5.73 Å². The van der Waals surface area contributed by atoms with Crippen molar-refractivity contribution in [3.63, 3.8) is 0 Å². The SMILES string of the molecule is Nc1ccc2cc(S(=O)(=O)O)c(N=Nc3ccc4ccccc4c3S(=O)(=O)O)c(O)c2c1. The molecule has 0 bridgehead atoms. The van der Waals surface area contributed by atoms with Gasteiger partial charge in [-0.25, -0.2) is 0 Å². The van der Waals surface area contributed by atoms with Crippen molar-refractivity contribution in [1.29, 1.82) is 0 Å². The summed E-state index contributed by atoms with van der Waals surface area (Å²) >= 11 is 0. The molecule has 5 N–H and O–H groups in total. The van der Waals surface area contributed by atoms with Crippen LogP contribution in [0.3, 0.4) is 0 Å². The summed E-state index contributed by atoms with van der Waals surface area (Å²) in [4.78, 5) is -1.29. The molecule has 0 saturated carbocycles. The fourth-order valence-electron chi connectivity index (χ4n) is 3.34. The Balaban J connectivity index is 2.01. The highest BCUT2D eigenvalue weighted by Crippen LogP contribution is 2.42. The Morgan fingerprint density at radius 2 is 1.44 bits per heavy atom. The fourth-order valence-corrected chi connectivity index (χ4v) is 4.83. The second-order valence-electron chi connectivity index (χ2n) is 6.84. The summed E-state index contributed by atoms with van der Waals surface area (Å²) in [7, 11) is -9.60. The Hall–Kier alpha value is -3.58. The molecule has 4 aromatic carbocycles. The van der Waals surface area contributed by atoms with E-state index in [1.807, 2.05) is 0 Å². The van der Waals surface area contributed by atoms with Crippen LogP contribution < -0.4 is 5.73 Å². The molecule has 4 aromatic rings. The number of anilines is 1. The maximum atomic E-state index is 12.0. The predicted octanol–water partition coefficient (Wildman–Crippen LogP) is 4.19. The number of phenols is 1. The Labute approximate surface area is 182 Å². The van der Waals surface area contributed by atoms with Crippen molar-refractivity contribution < 1.29 is 31.0 Å². The number of hydrogen-bond donors (Lipinski definition) is 4. The minimum atomic E-state index is -4.85. The highest BCUT2D eigenvalue weighted by molar-refractivity contribution is 7.86. The third-order valence-electron chi connectivity index (χ3n) is 4.73. The van der Waals surface area contributed by atoms with Gasteiger partial charge in [-0.3, -0.25) is 9.11 Å². The van der Waals surface area contributed by atoms with Crippen molar-refractivity contribution in [1.82, 2.24) is 0 Å². The van der Waals surface area contributed by atoms with Crippen LogP contribution in [0.15, 0.2) is 80.7 Å². The molecular formula is C20H15N3O7S2. The van der Waals surface area contributed by atoms with Gasteiger partial charge in [-0.05, 0) is 35.0 Å². The lowest BCUT2D eigenvalue weighted by atomic mass is 10.1. The predicted molar refractivity (Wildman–Crippen MR) is 118 cm³/mol. The first-order valence-electron chi connectivity index (χ1n) is 8.90. The second kappa shape index (κ2) is 7.53. The normalized spacial score (nSPS) is 12.7. The highest BCUT2D eigenvalue weighted by atomic mass is 32.2. The van der Waals surface area contributed by atoms with Gasteiger partial charge in [-0.1, -0.05) is 36.4 Å². The number of nitrogens with zero attached hydrogens (tertiary/aromatic N) is 2. The zero-order chi connectivity index (χ0) is 23.3. The minimum Gasteiger partial charge on any atom is -0.505 e. The quantitative estimate of drug-likeness (QED) is 0.193. The van der Waals surface area contributed by atoms with E-state index in [0.29, 0.717) is 5.39 Å². The van der Waals surface area contributed by atoms with Crippen molar-refractivity contribution in [3.8, 4) is 5.75 Å². The van der Waals surface area contributed by atoms with Crippen LogP contribution >= 0.6 is 0 Å². The van der Waals surface area contributed by atoms with Gasteiger partial charge < -0.3 is 10.8 Å². The van der Waals surface area contributed by atoms with E-state index in [2.05, 4.69) is 10.2 Å². The molecule has 10 nitrogen and oxygen atoms in total. The van der Waals surface area contributed by atoms with Crippen LogP contribution in [0.5, 0.6) is 5.75 Å². The van der Waals surface area contributed by atoms with E-state index in [9.17, 15) is 31.0 Å². The second-order valence-corrected chi connectivity index (χ2v) is 9.59. The summed E-state index contributed by atoms with van der Waals surface area (Å²) in [6.07, 6.45) is 0. The number of aromatic hydroxyl groups is 1. The van der Waals surface area contributed by atoms with Gasteiger partial charge in [0.15, 0.2) is 5.75 Å². The number of nitrogen functional groups attached to an aromatic ring is 1. The van der Waals surface area contributed by atoms with Gasteiger partial charge >= 0.3 is 0 Å². The average Bonchev–Trinajstić information content (AvgIpc) is 2.71. The molecular weight excluding hydrogens is 458 g/mol. The largest absolute Gasteiger partial charge is 0.505 e. The van der Waals surface area contributed by atoms with Gasteiger partial charge in [0.2, 0.25) is 0 Å². The lowest BCUT2D eigenvalue weighted by Gasteiger charge is -2.10. The topological polar surface area (TPSA) is 180 Å². The molecule has 0 aliphatic rings. The lowest BCUT2D eigenvalue weighted by molar-refractivity contribution is 0.472. The van der Waals surface area contributed by atoms with E-state index in [4.69, 9.17) is 5.73 Å². The molecule has 164 valence electrons. The van der Waals surface area contributed by atoms with Gasteiger partial charge in [-0.15, -0.1) is 10.2 Å². The third kappa shape index (κ3) is 3.87. The molecule has 0 aliphatic carbocycles. The molecule has 0 amide bonds. The van der Waals surface area contributed by atoms with Crippen LogP contribution in [0.25, 0.3) is 21.5 Å². The summed E-state index contributed by atoms with van der Waals surface area (Å²) in [6, 6.07) is 14.5. The maximum absolute atomic E-state index is 12.0. The Kier molecular flexibility index (Phi) is 5.09. The lowest BCUT2D eigenvalue weighted by Crippen LogP contribution is -2.00. The molecule has 0 fully saturated rings. The Morgan fingerprint density at radius 3 is 2.12 bits per heavy atom. The summed E-state index contributed by atoms with van der Waals surface area (Å²) in [6.45, 7) is 0. The van der Waals surface area contributed by atoms with Crippen molar-refractivity contribution in [2.24, 2.45) is 10.2 Å². The first kappa shape index (κ1) is 21.6. The number of fused-ring (bicyclic) bond motifs is 2. The zero-order valence-corrected chi connectivity index (χ0v) is 17.7. The molecule has 0 atom stereocenters. The number of nitrogens with two attached hydrogens (primary N) is 1. The van der Waals surface area contributed by atoms with Crippen LogP contribution in [0.1, 0.15) is 0 Å². The zero-order valence-electron chi connectivity index (χ0n) is 16.0. The van der Waals surface area contributed by atoms with Gasteiger partial charge in [0.05, 0.1) is 0 Å². The molecule has 0 radical (unpaired) electrons. The number of hydrogen-bond acceptors (Lipinski definition) is 8. The molecule has 12 heteroatoms. The number of phenolic OH excluding ortho intramolecular Hbond substituents is 1. The summed E-state index contributed by atoms with van der Waals surface area (Å²) in [5, 5.41) is 19.2. The molecule has 0 aliphatic heterocycles. The van der Waals surface area contributed by atoms with E-state index >= 15 is 0 Å². The van der Waals surface area contributed by atoms with Crippen molar-refractivity contribution in [2.45, 2.75) is 9.79 Å². The number of benzene rings is 4. The molecule has 4 rings (SSSR count). The first-order chi connectivity index (χ1) is 15.0. The Morgan fingerprint density at radius 1 is 0.750 bits per heavy atom. The molecule has 32 heavy (non-hydrogen) atoms. The maximum Gasteiger partial charge on any atom is 0.297 e. The average molecular weight is 473 g/mol.